The molecule has 180 valence electrons. The average Bonchev–Trinajstić information content (AvgIpc) is 3.32. The second kappa shape index (κ2) is 10.2. The van der Waals surface area contributed by atoms with Gasteiger partial charge in [0.1, 0.15) is 10.8 Å². The van der Waals surface area contributed by atoms with Crippen molar-refractivity contribution >= 4 is 29.1 Å². The minimum atomic E-state index is -0.230. The number of carbonyl (C=O) groups is 1. The lowest BCUT2D eigenvalue weighted by Gasteiger charge is -2.14. The van der Waals surface area contributed by atoms with Crippen LogP contribution in [0.2, 0.25) is 0 Å². The molecule has 1 amide bonds. The van der Waals surface area contributed by atoms with Gasteiger partial charge in [0.15, 0.2) is 5.82 Å². The number of ether oxygens (including phenoxy) is 1. The van der Waals surface area contributed by atoms with Gasteiger partial charge in [-0.25, -0.2) is 4.98 Å². The van der Waals surface area contributed by atoms with Gasteiger partial charge in [-0.3, -0.25) is 4.79 Å². The molecular weight excluding hydrogens is 470 g/mol. The maximum Gasteiger partial charge on any atom is 0.259 e. The molecule has 0 saturated carbocycles. The Labute approximate surface area is 213 Å². The normalized spacial score (nSPS) is 11.0. The highest BCUT2D eigenvalue weighted by Crippen LogP contribution is 2.36. The van der Waals surface area contributed by atoms with Crippen LogP contribution in [0, 0.1) is 13.8 Å². The number of fused-ring (bicyclic) bond motifs is 1. The van der Waals surface area contributed by atoms with Gasteiger partial charge in [0.25, 0.3) is 11.7 Å². The van der Waals surface area contributed by atoms with Gasteiger partial charge >= 0.3 is 0 Å². The predicted octanol–water partition coefficient (Wildman–Crippen LogP) is 6.21. The third-order valence-corrected chi connectivity index (χ3v) is 6.97. The molecule has 0 spiro atoms. The summed E-state index contributed by atoms with van der Waals surface area (Å²) in [6.45, 7) is 6.37. The fraction of sp³-hybridized carbons (Fsp3) is 0.143. The van der Waals surface area contributed by atoms with Gasteiger partial charge in [-0.15, -0.1) is 5.10 Å². The number of hydrogen-bond acceptors (Lipinski definition) is 6. The summed E-state index contributed by atoms with van der Waals surface area (Å²) in [7, 11) is 0. The summed E-state index contributed by atoms with van der Waals surface area (Å²) in [5.74, 6) is 1.48. The van der Waals surface area contributed by atoms with Gasteiger partial charge in [0.05, 0.1) is 17.9 Å². The van der Waals surface area contributed by atoms with Crippen LogP contribution < -0.4 is 10.1 Å². The van der Waals surface area contributed by atoms with Crippen molar-refractivity contribution < 1.29 is 9.53 Å². The highest BCUT2D eigenvalue weighted by atomic mass is 32.2. The molecule has 0 radical (unpaired) electrons. The monoisotopic (exact) mass is 495 g/mol. The maximum absolute atomic E-state index is 13.2. The van der Waals surface area contributed by atoms with Crippen LogP contribution in [0.1, 0.15) is 28.5 Å². The van der Waals surface area contributed by atoms with Crippen molar-refractivity contribution in [3.05, 3.63) is 95.7 Å². The van der Waals surface area contributed by atoms with Crippen molar-refractivity contribution in [2.45, 2.75) is 30.7 Å². The number of rotatable bonds is 7. The zero-order valence-electron chi connectivity index (χ0n) is 20.2. The summed E-state index contributed by atoms with van der Waals surface area (Å²) in [5, 5.41) is 8.72. The summed E-state index contributed by atoms with van der Waals surface area (Å²) in [4.78, 5) is 23.4. The lowest BCUT2D eigenvalue weighted by Crippen LogP contribution is -2.14. The van der Waals surface area contributed by atoms with E-state index in [1.54, 1.807) is 16.6 Å². The summed E-state index contributed by atoms with van der Waals surface area (Å²) in [6, 6.07) is 24.8. The SMILES string of the molecule is CCOc1ccccc1C(=O)Nc1ccccc1Sc1c(C)c(C)nc2nc(-c3ccccc3)nn12. The van der Waals surface area contributed by atoms with Crippen LogP contribution in [0.4, 0.5) is 5.69 Å². The smallest absolute Gasteiger partial charge is 0.259 e. The summed E-state index contributed by atoms with van der Waals surface area (Å²) in [5.41, 5.74) is 3.99. The molecule has 0 aliphatic carbocycles. The van der Waals surface area contributed by atoms with Crippen molar-refractivity contribution in [1.29, 1.82) is 0 Å². The molecule has 8 heteroatoms. The maximum atomic E-state index is 13.2. The number of carbonyl (C=O) groups excluding carboxylic acids is 1. The Morgan fingerprint density at radius 3 is 2.47 bits per heavy atom. The number of para-hydroxylation sites is 2. The molecule has 0 atom stereocenters. The number of nitrogens with zero attached hydrogens (tertiary/aromatic N) is 4. The first-order valence-corrected chi connectivity index (χ1v) is 12.5. The molecule has 1 N–H and O–H groups in total. The molecule has 3 aromatic carbocycles. The van der Waals surface area contributed by atoms with E-state index in [0.29, 0.717) is 35.2 Å². The average molecular weight is 496 g/mol. The standard InChI is InChI=1S/C28H25N5O2S/c1-4-35-23-16-10-8-14-21(23)26(34)30-22-15-9-11-17-24(22)36-27-18(2)19(3)29-28-31-25(32-33(27)28)20-12-6-5-7-13-20/h5-17H,4H2,1-3H3,(H,30,34). The van der Waals surface area contributed by atoms with Crippen LogP contribution in [0.5, 0.6) is 5.75 Å². The van der Waals surface area contributed by atoms with Crippen LogP contribution in [0.25, 0.3) is 17.2 Å². The van der Waals surface area contributed by atoms with E-state index < -0.39 is 0 Å². The van der Waals surface area contributed by atoms with Gasteiger partial charge < -0.3 is 10.1 Å². The van der Waals surface area contributed by atoms with Crippen molar-refractivity contribution in [2.24, 2.45) is 0 Å². The van der Waals surface area contributed by atoms with Crippen molar-refractivity contribution in [2.75, 3.05) is 11.9 Å². The zero-order chi connectivity index (χ0) is 25.1. The van der Waals surface area contributed by atoms with E-state index in [1.807, 2.05) is 87.5 Å². The molecule has 0 fully saturated rings. The van der Waals surface area contributed by atoms with E-state index in [2.05, 4.69) is 15.3 Å². The first-order chi connectivity index (χ1) is 17.5. The molecule has 2 aromatic heterocycles. The van der Waals surface area contributed by atoms with E-state index in [4.69, 9.17) is 9.84 Å². The summed E-state index contributed by atoms with van der Waals surface area (Å²) >= 11 is 1.52. The minimum Gasteiger partial charge on any atom is -0.493 e. The van der Waals surface area contributed by atoms with Crippen LogP contribution in [-0.4, -0.2) is 32.1 Å². The molecule has 0 aliphatic rings. The lowest BCUT2D eigenvalue weighted by molar-refractivity contribution is 0.102. The molecule has 36 heavy (non-hydrogen) atoms. The summed E-state index contributed by atoms with van der Waals surface area (Å²) < 4.78 is 7.42. The third kappa shape index (κ3) is 4.67. The number of aryl methyl sites for hydroxylation is 1. The Morgan fingerprint density at radius 2 is 1.67 bits per heavy atom. The quantitative estimate of drug-likeness (QED) is 0.270. The molecule has 0 saturated heterocycles. The Morgan fingerprint density at radius 1 is 0.944 bits per heavy atom. The van der Waals surface area contributed by atoms with Crippen LogP contribution in [0.15, 0.2) is 88.8 Å². The molecule has 5 rings (SSSR count). The molecule has 7 nitrogen and oxygen atoms in total. The van der Waals surface area contributed by atoms with Gasteiger partial charge in [0, 0.05) is 21.7 Å². The van der Waals surface area contributed by atoms with Crippen molar-refractivity contribution in [3.63, 3.8) is 0 Å². The first kappa shape index (κ1) is 23.6. The Hall–Kier alpha value is -4.17. The van der Waals surface area contributed by atoms with E-state index in [0.717, 1.165) is 26.7 Å². The van der Waals surface area contributed by atoms with Crippen molar-refractivity contribution in [3.8, 4) is 17.1 Å². The zero-order valence-corrected chi connectivity index (χ0v) is 21.0. The lowest BCUT2D eigenvalue weighted by atomic mass is 10.2. The van der Waals surface area contributed by atoms with Crippen LogP contribution in [-0.2, 0) is 0 Å². The fourth-order valence-corrected chi connectivity index (χ4v) is 4.87. The number of amides is 1. The summed E-state index contributed by atoms with van der Waals surface area (Å²) in [6.07, 6.45) is 0. The number of nitrogens with one attached hydrogen (secondary N) is 1. The van der Waals surface area contributed by atoms with Gasteiger partial charge in [-0.2, -0.15) is 9.50 Å². The molecule has 5 aromatic rings. The minimum absolute atomic E-state index is 0.230. The topological polar surface area (TPSA) is 81.4 Å². The van der Waals surface area contributed by atoms with E-state index in [1.165, 1.54) is 11.8 Å². The fourth-order valence-electron chi connectivity index (χ4n) is 3.78. The van der Waals surface area contributed by atoms with E-state index in [9.17, 15) is 4.79 Å². The molecular formula is C28H25N5O2S. The molecule has 0 bridgehead atoms. The Bertz CT molecular complexity index is 1550. The second-order valence-electron chi connectivity index (χ2n) is 8.12. The van der Waals surface area contributed by atoms with Crippen LogP contribution in [0.3, 0.4) is 0 Å². The van der Waals surface area contributed by atoms with Crippen LogP contribution >= 0.6 is 11.8 Å². The van der Waals surface area contributed by atoms with E-state index >= 15 is 0 Å². The Balaban J connectivity index is 1.51. The van der Waals surface area contributed by atoms with Gasteiger partial charge in [0.2, 0.25) is 0 Å². The van der Waals surface area contributed by atoms with E-state index in [-0.39, 0.29) is 5.91 Å². The predicted molar refractivity (Wildman–Crippen MR) is 142 cm³/mol. The second-order valence-corrected chi connectivity index (χ2v) is 9.15. The van der Waals surface area contributed by atoms with Gasteiger partial charge in [-0.1, -0.05) is 66.4 Å². The number of hydrogen-bond donors (Lipinski definition) is 1. The third-order valence-electron chi connectivity index (χ3n) is 5.72. The highest BCUT2D eigenvalue weighted by molar-refractivity contribution is 7.99. The number of anilines is 1. The molecule has 2 heterocycles. The van der Waals surface area contributed by atoms with Crippen molar-refractivity contribution in [1.82, 2.24) is 19.6 Å². The largest absolute Gasteiger partial charge is 0.493 e. The molecule has 0 aliphatic heterocycles. The molecule has 0 unspecified atom stereocenters. The first-order valence-electron chi connectivity index (χ1n) is 11.6. The number of aromatic nitrogens is 4. The number of benzene rings is 3. The Kier molecular flexibility index (Phi) is 6.69. The van der Waals surface area contributed by atoms with Gasteiger partial charge in [-0.05, 0) is 45.0 Å². The highest BCUT2D eigenvalue weighted by Gasteiger charge is 2.19.